The van der Waals surface area contributed by atoms with Crippen LogP contribution in [-0.4, -0.2) is 26.3 Å². The zero-order valence-electron chi connectivity index (χ0n) is 12.4. The minimum atomic E-state index is -3.71. The molecule has 0 spiro atoms. The number of nitrogens with two attached hydrogens (primary N) is 1. The van der Waals surface area contributed by atoms with Crippen LogP contribution in [0.2, 0.25) is 0 Å². The third-order valence-electron chi connectivity index (χ3n) is 3.15. The third-order valence-corrected chi connectivity index (χ3v) is 4.39. The molecule has 5 nitrogen and oxygen atoms in total. The Labute approximate surface area is 131 Å². The molecule has 0 saturated heterocycles. The van der Waals surface area contributed by atoms with Crippen LogP contribution >= 0.6 is 0 Å². The van der Waals surface area contributed by atoms with E-state index in [9.17, 15) is 8.42 Å². The van der Waals surface area contributed by atoms with Crippen molar-refractivity contribution in [1.82, 2.24) is 5.01 Å². The number of hydrogen-bond donors (Lipinski definition) is 1. The number of benzene rings is 2. The van der Waals surface area contributed by atoms with Crippen LogP contribution in [0.15, 0.2) is 63.9 Å². The van der Waals surface area contributed by atoms with Gasteiger partial charge in [0, 0.05) is 6.54 Å². The number of aryl methyl sites for hydroxylation is 1. The van der Waals surface area contributed by atoms with Crippen molar-refractivity contribution in [2.75, 3.05) is 6.54 Å². The highest BCUT2D eigenvalue weighted by Crippen LogP contribution is 2.12. The molecule has 2 N–H and O–H groups in total. The zero-order valence-corrected chi connectivity index (χ0v) is 13.2. The molecule has 0 aromatic heterocycles. The van der Waals surface area contributed by atoms with Crippen molar-refractivity contribution in [3.8, 4) is 0 Å². The minimum Gasteiger partial charge on any atom is -0.300 e. The minimum absolute atomic E-state index is 0.158. The molecule has 0 fully saturated rings. The molecule has 2 aromatic rings. The van der Waals surface area contributed by atoms with Crippen LogP contribution in [0.4, 0.5) is 0 Å². The van der Waals surface area contributed by atoms with Gasteiger partial charge >= 0.3 is 0 Å². The van der Waals surface area contributed by atoms with Gasteiger partial charge in [0.25, 0.3) is 10.0 Å². The first kappa shape index (κ1) is 16.2. The molecule has 0 aliphatic carbocycles. The van der Waals surface area contributed by atoms with Gasteiger partial charge in [-0.3, -0.25) is 5.01 Å². The first-order valence-electron chi connectivity index (χ1n) is 6.90. The Morgan fingerprint density at radius 3 is 2.36 bits per heavy atom. The summed E-state index contributed by atoms with van der Waals surface area (Å²) in [6, 6.07) is 16.4. The Balaban J connectivity index is 1.96. The van der Waals surface area contributed by atoms with Gasteiger partial charge in [-0.05, 0) is 31.0 Å². The van der Waals surface area contributed by atoms with Gasteiger partial charge in [0.15, 0.2) is 0 Å². The molecular formula is C16H19N3O2S. The summed E-state index contributed by atoms with van der Waals surface area (Å²) in [5.74, 6) is 5.75. The fourth-order valence-electron chi connectivity index (χ4n) is 1.85. The average molecular weight is 317 g/mol. The highest BCUT2D eigenvalue weighted by Gasteiger charge is 2.11. The van der Waals surface area contributed by atoms with Crippen molar-refractivity contribution in [1.29, 1.82) is 0 Å². The molecule has 0 bridgehead atoms. The summed E-state index contributed by atoms with van der Waals surface area (Å²) in [6.45, 7) is 2.38. The molecule has 0 heterocycles. The van der Waals surface area contributed by atoms with Crippen LogP contribution in [0.3, 0.4) is 0 Å². The standard InChI is InChI=1S/C16H19N3O2S/c1-14-7-9-16(10-8-14)22(20,21)18-13-19(17)12-11-15-5-3-2-4-6-15/h2-10,13H,11-12,17H2,1H3. The van der Waals surface area contributed by atoms with E-state index in [0.717, 1.165) is 17.5 Å². The maximum atomic E-state index is 12.0. The Hall–Kier alpha value is -2.18. The molecule has 22 heavy (non-hydrogen) atoms. The summed E-state index contributed by atoms with van der Waals surface area (Å²) in [6.07, 6.45) is 1.87. The van der Waals surface area contributed by atoms with Crippen molar-refractivity contribution < 1.29 is 8.42 Å². The van der Waals surface area contributed by atoms with Crippen LogP contribution in [0.25, 0.3) is 0 Å². The van der Waals surface area contributed by atoms with E-state index in [2.05, 4.69) is 4.40 Å². The maximum absolute atomic E-state index is 12.0. The molecular weight excluding hydrogens is 298 g/mol. The quantitative estimate of drug-likeness (QED) is 0.383. The lowest BCUT2D eigenvalue weighted by molar-refractivity contribution is 0.457. The van der Waals surface area contributed by atoms with E-state index in [-0.39, 0.29) is 4.90 Å². The van der Waals surface area contributed by atoms with E-state index in [4.69, 9.17) is 5.84 Å². The van der Waals surface area contributed by atoms with Crippen molar-refractivity contribution in [2.24, 2.45) is 10.2 Å². The van der Waals surface area contributed by atoms with Crippen molar-refractivity contribution in [3.05, 3.63) is 65.7 Å². The second kappa shape index (κ2) is 7.20. The van der Waals surface area contributed by atoms with Gasteiger partial charge in [-0.1, -0.05) is 48.0 Å². The van der Waals surface area contributed by atoms with Crippen molar-refractivity contribution in [3.63, 3.8) is 0 Å². The van der Waals surface area contributed by atoms with Gasteiger partial charge in [-0.15, -0.1) is 4.40 Å². The SMILES string of the molecule is Cc1ccc(S(=O)(=O)N=CN(N)CCc2ccccc2)cc1. The Kier molecular flexibility index (Phi) is 5.30. The normalized spacial score (nSPS) is 11.7. The Bertz CT molecular complexity index is 726. The van der Waals surface area contributed by atoms with Crippen molar-refractivity contribution in [2.45, 2.75) is 18.2 Å². The summed E-state index contributed by atoms with van der Waals surface area (Å²) in [5, 5.41) is 1.28. The molecule has 6 heteroatoms. The summed E-state index contributed by atoms with van der Waals surface area (Å²) in [5.41, 5.74) is 2.12. The first-order valence-corrected chi connectivity index (χ1v) is 8.34. The lowest BCUT2D eigenvalue weighted by Gasteiger charge is -2.12. The first-order chi connectivity index (χ1) is 10.5. The summed E-state index contributed by atoms with van der Waals surface area (Å²) in [4.78, 5) is 0.158. The molecule has 0 unspecified atom stereocenters. The van der Waals surface area contributed by atoms with Crippen LogP contribution < -0.4 is 5.84 Å². The number of hydrazine groups is 1. The van der Waals surface area contributed by atoms with Crippen LogP contribution in [-0.2, 0) is 16.4 Å². The van der Waals surface area contributed by atoms with E-state index in [1.165, 1.54) is 17.1 Å². The predicted molar refractivity (Wildman–Crippen MR) is 87.9 cm³/mol. The Morgan fingerprint density at radius 1 is 1.09 bits per heavy atom. The predicted octanol–water partition coefficient (Wildman–Crippen LogP) is 2.13. The van der Waals surface area contributed by atoms with Gasteiger partial charge in [-0.25, -0.2) is 5.84 Å². The second-order valence-electron chi connectivity index (χ2n) is 4.98. The summed E-state index contributed by atoms with van der Waals surface area (Å²) in [7, 11) is -3.71. The third kappa shape index (κ3) is 4.68. The Morgan fingerprint density at radius 2 is 1.73 bits per heavy atom. The topological polar surface area (TPSA) is 75.8 Å². The van der Waals surface area contributed by atoms with Gasteiger partial charge in [0.1, 0.15) is 6.34 Å². The number of sulfonamides is 1. The van der Waals surface area contributed by atoms with E-state index in [1.807, 2.05) is 37.3 Å². The summed E-state index contributed by atoms with van der Waals surface area (Å²) < 4.78 is 27.7. The number of rotatable bonds is 6. The van der Waals surface area contributed by atoms with E-state index < -0.39 is 10.0 Å². The van der Waals surface area contributed by atoms with E-state index >= 15 is 0 Å². The highest BCUT2D eigenvalue weighted by molar-refractivity contribution is 7.90. The summed E-state index contributed by atoms with van der Waals surface area (Å²) >= 11 is 0. The smallest absolute Gasteiger partial charge is 0.283 e. The van der Waals surface area contributed by atoms with Crippen molar-refractivity contribution >= 4 is 16.4 Å². The van der Waals surface area contributed by atoms with Crippen LogP contribution in [0, 0.1) is 6.92 Å². The largest absolute Gasteiger partial charge is 0.300 e. The van der Waals surface area contributed by atoms with E-state index in [0.29, 0.717) is 13.0 Å². The van der Waals surface area contributed by atoms with Crippen LogP contribution in [0.5, 0.6) is 0 Å². The van der Waals surface area contributed by atoms with Gasteiger partial charge in [0.05, 0.1) is 4.90 Å². The molecule has 0 aliphatic rings. The maximum Gasteiger partial charge on any atom is 0.283 e. The fourth-order valence-corrected chi connectivity index (χ4v) is 2.70. The number of nitrogens with zero attached hydrogens (tertiary/aromatic N) is 2. The molecule has 116 valence electrons. The molecule has 0 amide bonds. The fraction of sp³-hybridized carbons (Fsp3) is 0.188. The highest BCUT2D eigenvalue weighted by atomic mass is 32.2. The van der Waals surface area contributed by atoms with E-state index in [1.54, 1.807) is 12.1 Å². The lowest BCUT2D eigenvalue weighted by Crippen LogP contribution is -2.31. The molecule has 2 aromatic carbocycles. The zero-order chi connectivity index (χ0) is 16.0. The molecule has 2 rings (SSSR count). The molecule has 0 atom stereocenters. The van der Waals surface area contributed by atoms with Gasteiger partial charge in [-0.2, -0.15) is 8.42 Å². The monoisotopic (exact) mass is 317 g/mol. The van der Waals surface area contributed by atoms with Gasteiger partial charge < -0.3 is 0 Å². The molecule has 0 radical (unpaired) electrons. The van der Waals surface area contributed by atoms with Crippen LogP contribution in [0.1, 0.15) is 11.1 Å². The average Bonchev–Trinajstić information content (AvgIpc) is 2.52. The molecule has 0 aliphatic heterocycles. The second-order valence-corrected chi connectivity index (χ2v) is 6.61. The lowest BCUT2D eigenvalue weighted by atomic mass is 10.1. The van der Waals surface area contributed by atoms with Gasteiger partial charge in [0.2, 0.25) is 0 Å². The number of hydrogen-bond acceptors (Lipinski definition) is 3. The molecule has 0 saturated carbocycles.